The predicted octanol–water partition coefficient (Wildman–Crippen LogP) is 1.58. The number of benzene rings is 1. The maximum atomic E-state index is 10.6. The van der Waals surface area contributed by atoms with Crippen LogP contribution in [0.25, 0.3) is 0 Å². The van der Waals surface area contributed by atoms with Gasteiger partial charge in [0.1, 0.15) is 6.04 Å². The van der Waals surface area contributed by atoms with Crippen LogP contribution in [0.4, 0.5) is 0 Å². The van der Waals surface area contributed by atoms with Crippen molar-refractivity contribution in [3.63, 3.8) is 0 Å². The molecule has 1 aromatic rings. The van der Waals surface area contributed by atoms with Gasteiger partial charge < -0.3 is 20.3 Å². The molecule has 1 aliphatic rings. The van der Waals surface area contributed by atoms with Gasteiger partial charge in [0.05, 0.1) is 13.2 Å². The summed E-state index contributed by atoms with van der Waals surface area (Å²) < 4.78 is 10.7. The molecule has 5 nitrogen and oxygen atoms in total. The lowest BCUT2D eigenvalue weighted by Gasteiger charge is -2.10. The molecule has 1 atom stereocenters. The third-order valence-corrected chi connectivity index (χ3v) is 2.89. The van der Waals surface area contributed by atoms with Gasteiger partial charge in [-0.05, 0) is 17.5 Å². The number of carbonyl (C=O) groups is 1. The zero-order valence-electron chi connectivity index (χ0n) is 12.0. The molecule has 5 heteroatoms. The Kier molecular flexibility index (Phi) is 7.22. The van der Waals surface area contributed by atoms with Crippen LogP contribution < -0.4 is 5.73 Å². The second-order valence-electron chi connectivity index (χ2n) is 4.34. The van der Waals surface area contributed by atoms with E-state index in [-0.39, 0.29) is 6.29 Å². The number of ether oxygens (including phenoxy) is 2. The quantitative estimate of drug-likeness (QED) is 0.856. The summed E-state index contributed by atoms with van der Waals surface area (Å²) in [6.07, 6.45) is 0.897. The minimum Gasteiger partial charge on any atom is -0.480 e. The molecular weight excluding hydrogens is 258 g/mol. The first kappa shape index (κ1) is 16.6. The highest BCUT2D eigenvalue weighted by Crippen LogP contribution is 2.13. The zero-order valence-corrected chi connectivity index (χ0v) is 12.0. The first-order chi connectivity index (χ1) is 9.65. The summed E-state index contributed by atoms with van der Waals surface area (Å²) in [6, 6.07) is 6.85. The maximum Gasteiger partial charge on any atom is 0.320 e. The average Bonchev–Trinajstić information content (AvgIpc) is 2.96. The van der Waals surface area contributed by atoms with Crippen molar-refractivity contribution in [3.05, 3.63) is 35.4 Å². The molecule has 0 aromatic heterocycles. The second-order valence-corrected chi connectivity index (χ2v) is 4.34. The fraction of sp³-hybridized carbons (Fsp3) is 0.533. The molecule has 1 aromatic carbocycles. The summed E-state index contributed by atoms with van der Waals surface area (Å²) in [4.78, 5) is 10.6. The van der Waals surface area contributed by atoms with Crippen molar-refractivity contribution in [3.8, 4) is 0 Å². The topological polar surface area (TPSA) is 81.8 Å². The number of nitrogens with two attached hydrogens (primary N) is 1. The van der Waals surface area contributed by atoms with Crippen LogP contribution in [0.15, 0.2) is 24.3 Å². The van der Waals surface area contributed by atoms with Crippen LogP contribution in [-0.4, -0.2) is 36.6 Å². The van der Waals surface area contributed by atoms with E-state index in [0.29, 0.717) is 26.1 Å². The lowest BCUT2D eigenvalue weighted by Crippen LogP contribution is -2.32. The zero-order chi connectivity index (χ0) is 15.0. The molecule has 1 aliphatic heterocycles. The minimum absolute atomic E-state index is 0.155. The fourth-order valence-corrected chi connectivity index (χ4v) is 1.87. The number of carboxylic acids is 1. The Morgan fingerprint density at radius 1 is 1.25 bits per heavy atom. The average molecular weight is 281 g/mol. The maximum absolute atomic E-state index is 10.6. The van der Waals surface area contributed by atoms with E-state index in [0.717, 1.165) is 11.1 Å². The third-order valence-electron chi connectivity index (χ3n) is 2.89. The van der Waals surface area contributed by atoms with E-state index in [1.54, 1.807) is 0 Å². The number of rotatable bonds is 5. The van der Waals surface area contributed by atoms with Crippen LogP contribution in [0.2, 0.25) is 0 Å². The van der Waals surface area contributed by atoms with Crippen molar-refractivity contribution >= 4 is 5.97 Å². The normalized spacial score (nSPS) is 16.4. The van der Waals surface area contributed by atoms with Crippen LogP contribution in [0.3, 0.4) is 0 Å². The van der Waals surface area contributed by atoms with Gasteiger partial charge in [-0.1, -0.05) is 38.1 Å². The predicted molar refractivity (Wildman–Crippen MR) is 76.5 cm³/mol. The molecule has 0 saturated carbocycles. The van der Waals surface area contributed by atoms with Crippen molar-refractivity contribution in [2.24, 2.45) is 5.73 Å². The van der Waals surface area contributed by atoms with Gasteiger partial charge in [0.2, 0.25) is 0 Å². The van der Waals surface area contributed by atoms with E-state index in [1.165, 1.54) is 0 Å². The fourth-order valence-electron chi connectivity index (χ4n) is 1.87. The lowest BCUT2D eigenvalue weighted by atomic mass is 10.0. The molecule has 1 fully saturated rings. The molecule has 0 amide bonds. The Morgan fingerprint density at radius 3 is 2.25 bits per heavy atom. The molecule has 2 rings (SSSR count). The van der Waals surface area contributed by atoms with E-state index in [9.17, 15) is 4.79 Å². The Bertz CT molecular complexity index is 399. The Labute approximate surface area is 119 Å². The molecule has 0 radical (unpaired) electrons. The highest BCUT2D eigenvalue weighted by atomic mass is 16.7. The van der Waals surface area contributed by atoms with Crippen molar-refractivity contribution in [1.29, 1.82) is 0 Å². The van der Waals surface area contributed by atoms with Crippen molar-refractivity contribution in [1.82, 2.24) is 0 Å². The summed E-state index contributed by atoms with van der Waals surface area (Å²) in [5.41, 5.74) is 7.50. The van der Waals surface area contributed by atoms with Gasteiger partial charge in [-0.3, -0.25) is 4.79 Å². The smallest absolute Gasteiger partial charge is 0.320 e. The van der Waals surface area contributed by atoms with Crippen molar-refractivity contribution in [2.75, 3.05) is 13.2 Å². The lowest BCUT2D eigenvalue weighted by molar-refractivity contribution is -0.138. The largest absolute Gasteiger partial charge is 0.480 e. The second kappa shape index (κ2) is 8.68. The molecule has 0 bridgehead atoms. The Hall–Kier alpha value is -1.43. The van der Waals surface area contributed by atoms with Gasteiger partial charge in [-0.2, -0.15) is 0 Å². The van der Waals surface area contributed by atoms with Gasteiger partial charge in [0, 0.05) is 6.42 Å². The Morgan fingerprint density at radius 2 is 1.75 bits per heavy atom. The number of hydrogen-bond donors (Lipinski definition) is 2. The molecule has 1 heterocycles. The van der Waals surface area contributed by atoms with Crippen LogP contribution in [0, 0.1) is 0 Å². The third kappa shape index (κ3) is 5.28. The molecule has 0 spiro atoms. The monoisotopic (exact) mass is 281 g/mol. The molecule has 112 valence electrons. The molecule has 1 saturated heterocycles. The highest BCUT2D eigenvalue weighted by molar-refractivity contribution is 5.73. The molecule has 1 unspecified atom stereocenters. The number of aliphatic carboxylic acids is 1. The summed E-state index contributed by atoms with van der Waals surface area (Å²) in [5.74, 6) is -0.980. The summed E-state index contributed by atoms with van der Waals surface area (Å²) in [7, 11) is 0. The van der Waals surface area contributed by atoms with Crippen LogP contribution in [0.1, 0.15) is 25.0 Å². The van der Waals surface area contributed by atoms with E-state index in [2.05, 4.69) is 0 Å². The van der Waals surface area contributed by atoms with Crippen molar-refractivity contribution < 1.29 is 19.4 Å². The van der Waals surface area contributed by atoms with E-state index in [4.69, 9.17) is 20.3 Å². The van der Waals surface area contributed by atoms with Crippen LogP contribution >= 0.6 is 0 Å². The molecular formula is C15H23NO4. The van der Waals surface area contributed by atoms with Crippen LogP contribution in [-0.2, 0) is 27.1 Å². The Balaban J connectivity index is 0.000000956. The van der Waals surface area contributed by atoms with E-state index in [1.807, 2.05) is 38.1 Å². The summed E-state index contributed by atoms with van der Waals surface area (Å²) in [5, 5.41) is 8.73. The van der Waals surface area contributed by atoms with Gasteiger partial charge in [0.25, 0.3) is 0 Å². The first-order valence-electron chi connectivity index (χ1n) is 6.94. The van der Waals surface area contributed by atoms with Crippen molar-refractivity contribution in [2.45, 2.75) is 39.0 Å². The highest BCUT2D eigenvalue weighted by Gasteiger charge is 2.16. The van der Waals surface area contributed by atoms with Gasteiger partial charge >= 0.3 is 5.97 Å². The standard InChI is InChI=1S/C13H17NO4.C2H6/c14-11(13(15)16)7-9-1-3-10(4-2-9)8-12-17-5-6-18-12;1-2/h1-4,11-12H,5-8,14H2,(H,15,16);1-2H3. The number of carboxylic acid groups (broad SMARTS) is 1. The molecule has 3 N–H and O–H groups in total. The van der Waals surface area contributed by atoms with Gasteiger partial charge in [-0.15, -0.1) is 0 Å². The minimum atomic E-state index is -0.980. The summed E-state index contributed by atoms with van der Waals surface area (Å²) in [6.45, 7) is 5.30. The van der Waals surface area contributed by atoms with E-state index < -0.39 is 12.0 Å². The van der Waals surface area contributed by atoms with Crippen LogP contribution in [0.5, 0.6) is 0 Å². The number of hydrogen-bond acceptors (Lipinski definition) is 4. The molecule has 20 heavy (non-hydrogen) atoms. The van der Waals surface area contributed by atoms with Gasteiger partial charge in [-0.25, -0.2) is 0 Å². The SMILES string of the molecule is CC.NC(Cc1ccc(CC2OCCO2)cc1)C(=O)O. The van der Waals surface area contributed by atoms with E-state index >= 15 is 0 Å². The first-order valence-corrected chi connectivity index (χ1v) is 6.94. The summed E-state index contributed by atoms with van der Waals surface area (Å²) >= 11 is 0. The molecule has 0 aliphatic carbocycles. The van der Waals surface area contributed by atoms with Gasteiger partial charge in [0.15, 0.2) is 6.29 Å².